The number of aliphatic hydroxyl groups is 2. The fraction of sp³-hybridized carbons (Fsp3) is 0.900. The Balaban J connectivity index is 1.96. The number of rotatable bonds is 5. The van der Waals surface area contributed by atoms with Crippen LogP contribution in [0.2, 0.25) is 0 Å². The van der Waals surface area contributed by atoms with Crippen LogP contribution in [0.15, 0.2) is 17.3 Å². The Morgan fingerprint density at radius 1 is 1.30 bits per heavy atom. The maximum atomic E-state index is 10.5. The Labute approximate surface area is 167 Å². The third-order valence-electron chi connectivity index (χ3n) is 8.42. The zero-order chi connectivity index (χ0) is 19.8. The van der Waals surface area contributed by atoms with E-state index in [9.17, 15) is 10.2 Å². The molecule has 3 saturated carbocycles. The second-order valence-electron chi connectivity index (χ2n) is 9.46. The lowest BCUT2D eigenvalue weighted by atomic mass is 9.49. The van der Waals surface area contributed by atoms with Crippen LogP contribution < -0.4 is 0 Å². The van der Waals surface area contributed by atoms with E-state index in [1.165, 1.54) is 5.57 Å². The third-order valence-corrected chi connectivity index (χ3v) is 8.57. The van der Waals surface area contributed by atoms with E-state index in [0.29, 0.717) is 37.8 Å². The van der Waals surface area contributed by atoms with Crippen molar-refractivity contribution in [2.45, 2.75) is 64.6 Å². The van der Waals surface area contributed by atoms with Gasteiger partial charge in [-0.05, 0) is 91.5 Å². The number of hydrogen-bond acceptors (Lipinski definition) is 5. The van der Waals surface area contributed by atoms with E-state index in [1.54, 1.807) is 0 Å². The van der Waals surface area contributed by atoms with Gasteiger partial charge in [0.1, 0.15) is 0 Å². The van der Waals surface area contributed by atoms with E-state index in [2.05, 4.69) is 43.4 Å². The number of fused-ring (bicyclic) bond motifs is 1. The van der Waals surface area contributed by atoms with Crippen LogP contribution >= 0.6 is 12.9 Å². The highest BCUT2D eigenvalue weighted by Crippen LogP contribution is 2.63. The highest BCUT2D eigenvalue weighted by Gasteiger charge is 2.57. The van der Waals surface area contributed by atoms with Gasteiger partial charge in [-0.25, -0.2) is 0 Å². The molecule has 0 heterocycles. The van der Waals surface area contributed by atoms with Gasteiger partial charge < -0.3 is 14.4 Å². The van der Waals surface area contributed by atoms with Gasteiger partial charge in [-0.3, -0.25) is 0 Å². The fourth-order valence-corrected chi connectivity index (χ4v) is 6.85. The molecule has 0 saturated heterocycles. The van der Waals surface area contributed by atoms with Crippen molar-refractivity contribution in [3.05, 3.63) is 22.6 Å². The van der Waals surface area contributed by atoms with Crippen molar-refractivity contribution in [1.29, 1.82) is 0 Å². The molecule has 0 aromatic rings. The first-order valence-corrected chi connectivity index (χ1v) is 10.5. The van der Waals surface area contributed by atoms with E-state index < -0.39 is 12.2 Å². The molecule has 152 valence electrons. The Morgan fingerprint density at radius 2 is 2.04 bits per heavy atom. The molecular weight excluding hydrogens is 362 g/mol. The lowest BCUT2D eigenvalue weighted by Crippen LogP contribution is -2.55. The molecule has 3 rings (SSSR count). The second-order valence-corrected chi connectivity index (χ2v) is 9.72. The van der Waals surface area contributed by atoms with Gasteiger partial charge in [-0.1, -0.05) is 31.1 Å². The van der Waals surface area contributed by atoms with Crippen LogP contribution in [-0.4, -0.2) is 35.6 Å². The summed E-state index contributed by atoms with van der Waals surface area (Å²) in [6, 6.07) is 0. The van der Waals surface area contributed by atoms with Crippen molar-refractivity contribution in [2.24, 2.45) is 39.6 Å². The first kappa shape index (κ1) is 21.0. The predicted octanol–water partition coefficient (Wildman–Crippen LogP) is 4.29. The summed E-state index contributed by atoms with van der Waals surface area (Å²) in [7, 11) is 0. The summed E-state index contributed by atoms with van der Waals surface area (Å²) in [6.07, 6.45) is 3.83. The Kier molecular flexibility index (Phi) is 6.19. The number of azide groups is 1. The van der Waals surface area contributed by atoms with Crippen LogP contribution in [-0.2, 0) is 4.18 Å². The van der Waals surface area contributed by atoms with Crippen LogP contribution in [0.5, 0.6) is 0 Å². The monoisotopic (exact) mass is 395 g/mol. The van der Waals surface area contributed by atoms with Crippen molar-refractivity contribution < 1.29 is 14.4 Å². The van der Waals surface area contributed by atoms with Gasteiger partial charge in [0.05, 0.1) is 18.8 Å². The van der Waals surface area contributed by atoms with Crippen LogP contribution in [0.4, 0.5) is 0 Å². The summed E-state index contributed by atoms with van der Waals surface area (Å²) in [5.74, 6) is 1.13. The summed E-state index contributed by atoms with van der Waals surface area (Å²) in [5, 5.41) is 24.7. The van der Waals surface area contributed by atoms with Gasteiger partial charge >= 0.3 is 0 Å². The zero-order valence-electron chi connectivity index (χ0n) is 16.4. The van der Waals surface area contributed by atoms with E-state index in [4.69, 9.17) is 9.71 Å². The highest BCUT2D eigenvalue weighted by molar-refractivity contribution is 7.75. The molecule has 0 spiro atoms. The molecule has 0 aromatic carbocycles. The molecule has 0 radical (unpaired) electrons. The normalized spacial score (nSPS) is 47.4. The third kappa shape index (κ3) is 3.53. The minimum Gasteiger partial charge on any atom is -0.390 e. The zero-order valence-corrected chi connectivity index (χ0v) is 17.3. The Morgan fingerprint density at radius 3 is 2.70 bits per heavy atom. The first-order valence-electron chi connectivity index (χ1n) is 10.1. The number of nitrogens with zero attached hydrogens (tertiary/aromatic N) is 3. The average Bonchev–Trinajstić information content (AvgIpc) is 2.93. The summed E-state index contributed by atoms with van der Waals surface area (Å²) >= 11 is 3.97. The summed E-state index contributed by atoms with van der Waals surface area (Å²) in [4.78, 5) is 3.05. The SMILES string of the molecule is C=C1CCC2[C@H](CN=[N+]=[N-])C([C@@]3(C)C[C@@H](O)[C@@H](O)C[C@@H]3COS)CC[C@]12C. The lowest BCUT2D eigenvalue weighted by Gasteiger charge is -2.57. The first-order chi connectivity index (χ1) is 12.8. The molecule has 0 bridgehead atoms. The van der Waals surface area contributed by atoms with Crippen molar-refractivity contribution in [3.8, 4) is 0 Å². The molecule has 8 atom stereocenters. The van der Waals surface area contributed by atoms with Crippen molar-refractivity contribution in [3.63, 3.8) is 0 Å². The molecule has 3 fully saturated rings. The van der Waals surface area contributed by atoms with Crippen molar-refractivity contribution in [2.75, 3.05) is 13.2 Å². The highest BCUT2D eigenvalue weighted by atomic mass is 32.1. The fourth-order valence-electron chi connectivity index (χ4n) is 6.67. The summed E-state index contributed by atoms with van der Waals surface area (Å²) in [5.41, 5.74) is 10.2. The number of thiol groups is 1. The summed E-state index contributed by atoms with van der Waals surface area (Å²) in [6.45, 7) is 9.81. The quantitative estimate of drug-likeness (QED) is 0.162. The summed E-state index contributed by atoms with van der Waals surface area (Å²) < 4.78 is 5.20. The van der Waals surface area contributed by atoms with E-state index in [1.807, 2.05) is 0 Å². The van der Waals surface area contributed by atoms with Gasteiger partial charge in [0, 0.05) is 11.5 Å². The molecule has 2 N–H and O–H groups in total. The molecule has 0 amide bonds. The predicted molar refractivity (Wildman–Crippen MR) is 108 cm³/mol. The minimum absolute atomic E-state index is 0.112. The minimum atomic E-state index is -0.724. The molecule has 27 heavy (non-hydrogen) atoms. The standard InChI is InChI=1S/C20H33N3O3S/c1-12-4-5-15-14(10-22-23-21)16(6-7-19(12,15)2)20(3)9-18(25)17(24)8-13(20)11-26-27/h13-18,24-25,27H,1,4-11H2,2-3H3/t13-,14+,15?,16?,17+,18-,19-,20+/m1/s1. The maximum Gasteiger partial charge on any atom is 0.0804 e. The van der Waals surface area contributed by atoms with E-state index in [-0.39, 0.29) is 22.7 Å². The van der Waals surface area contributed by atoms with Crippen molar-refractivity contribution >= 4 is 12.9 Å². The van der Waals surface area contributed by atoms with E-state index >= 15 is 0 Å². The Hall–Kier alpha value is -0.720. The van der Waals surface area contributed by atoms with Crippen LogP contribution in [0, 0.1) is 34.5 Å². The van der Waals surface area contributed by atoms with Crippen LogP contribution in [0.25, 0.3) is 10.4 Å². The largest absolute Gasteiger partial charge is 0.390 e. The number of hydrogen-bond donors (Lipinski definition) is 3. The molecule has 0 aromatic heterocycles. The molecule has 2 unspecified atom stereocenters. The van der Waals surface area contributed by atoms with Gasteiger partial charge in [0.15, 0.2) is 0 Å². The van der Waals surface area contributed by atoms with E-state index in [0.717, 1.165) is 25.7 Å². The lowest BCUT2D eigenvalue weighted by molar-refractivity contribution is -0.133. The van der Waals surface area contributed by atoms with Crippen molar-refractivity contribution in [1.82, 2.24) is 0 Å². The molecule has 3 aliphatic rings. The molecular formula is C20H33N3O3S. The number of aliphatic hydroxyl groups excluding tert-OH is 2. The molecule has 7 heteroatoms. The van der Waals surface area contributed by atoms with Gasteiger partial charge in [-0.15, -0.1) is 0 Å². The average molecular weight is 396 g/mol. The van der Waals surface area contributed by atoms with Crippen LogP contribution in [0.1, 0.15) is 52.4 Å². The number of allylic oxidation sites excluding steroid dienone is 1. The Bertz CT molecular complexity index is 626. The molecule has 3 aliphatic carbocycles. The van der Waals surface area contributed by atoms with Crippen LogP contribution in [0.3, 0.4) is 0 Å². The van der Waals surface area contributed by atoms with Gasteiger partial charge in [0.2, 0.25) is 0 Å². The molecule has 0 aliphatic heterocycles. The smallest absolute Gasteiger partial charge is 0.0804 e. The molecule has 6 nitrogen and oxygen atoms in total. The maximum absolute atomic E-state index is 10.5. The van der Waals surface area contributed by atoms with Gasteiger partial charge in [0.25, 0.3) is 0 Å². The van der Waals surface area contributed by atoms with Gasteiger partial charge in [-0.2, -0.15) is 0 Å². The topological polar surface area (TPSA) is 98.5 Å². The second kappa shape index (κ2) is 7.96.